The fraction of sp³-hybridized carbons (Fsp3) is 0.929. The minimum atomic E-state index is -0.663. The first-order chi connectivity index (χ1) is 8.79. The first-order valence-electron chi connectivity index (χ1n) is 6.72. The number of carbonyl (C=O) groups is 1. The Bertz CT molecular complexity index is 250. The molecule has 0 aromatic rings. The molecule has 0 spiro atoms. The predicted octanol–water partition coefficient (Wildman–Crippen LogP) is 2.87. The van der Waals surface area contributed by atoms with Crippen LogP contribution in [0.2, 0.25) is 0 Å². The number of carbonyl (C=O) groups excluding carboxylic acids is 1. The highest BCUT2D eigenvalue weighted by molar-refractivity contribution is 5.59. The summed E-state index contributed by atoms with van der Waals surface area (Å²) in [6.45, 7) is 11.7. The second-order valence-corrected chi connectivity index (χ2v) is 5.61. The van der Waals surface area contributed by atoms with E-state index in [9.17, 15) is 4.79 Å². The summed E-state index contributed by atoms with van der Waals surface area (Å²) in [7, 11) is 1.55. The third-order valence-corrected chi connectivity index (χ3v) is 2.93. The summed E-state index contributed by atoms with van der Waals surface area (Å²) < 4.78 is 20.5. The Balaban J connectivity index is 3.94. The molecule has 5 nitrogen and oxygen atoms in total. The number of hydrogen-bond acceptors (Lipinski definition) is 5. The van der Waals surface area contributed by atoms with Crippen molar-refractivity contribution in [2.45, 2.75) is 40.2 Å². The van der Waals surface area contributed by atoms with Gasteiger partial charge in [-0.25, -0.2) is 4.79 Å². The second kappa shape index (κ2) is 9.15. The van der Waals surface area contributed by atoms with E-state index in [2.05, 4.69) is 13.8 Å². The molecule has 0 N–H and O–H groups in total. The van der Waals surface area contributed by atoms with Crippen molar-refractivity contribution in [3.63, 3.8) is 0 Å². The number of hydrogen-bond donors (Lipinski definition) is 0. The van der Waals surface area contributed by atoms with Gasteiger partial charge in [0.2, 0.25) is 0 Å². The lowest BCUT2D eigenvalue weighted by Crippen LogP contribution is -2.37. The smallest absolute Gasteiger partial charge is 0.434 e. The second-order valence-electron chi connectivity index (χ2n) is 5.61. The van der Waals surface area contributed by atoms with Crippen LogP contribution in [0.15, 0.2) is 0 Å². The molecule has 0 rings (SSSR count). The van der Waals surface area contributed by atoms with Crippen molar-refractivity contribution < 1.29 is 23.7 Å². The minimum Gasteiger partial charge on any atom is -0.434 e. The maximum atomic E-state index is 11.3. The Hall–Kier alpha value is -0.810. The maximum absolute atomic E-state index is 11.3. The third kappa shape index (κ3) is 8.83. The summed E-state index contributed by atoms with van der Waals surface area (Å²) >= 11 is 0. The summed E-state index contributed by atoms with van der Waals surface area (Å²) in [6, 6.07) is 0. The molecule has 0 aliphatic carbocycles. The molecule has 114 valence electrons. The quantitative estimate of drug-likeness (QED) is 0.479. The highest BCUT2D eigenvalue weighted by Crippen LogP contribution is 2.22. The Kier molecular flexibility index (Phi) is 8.76. The molecule has 0 aliphatic heterocycles. The largest absolute Gasteiger partial charge is 0.508 e. The Morgan fingerprint density at radius 3 is 2.21 bits per heavy atom. The predicted molar refractivity (Wildman–Crippen MR) is 73.2 cm³/mol. The zero-order valence-electron chi connectivity index (χ0n) is 13.0. The zero-order chi connectivity index (χ0) is 14.9. The molecule has 0 heterocycles. The van der Waals surface area contributed by atoms with Crippen molar-refractivity contribution in [2.24, 2.45) is 11.8 Å². The molecule has 1 unspecified atom stereocenters. The average Bonchev–Trinajstić information content (AvgIpc) is 2.34. The highest BCUT2D eigenvalue weighted by atomic mass is 16.7. The van der Waals surface area contributed by atoms with E-state index in [1.165, 1.54) is 0 Å². The summed E-state index contributed by atoms with van der Waals surface area (Å²) in [5.41, 5.74) is -0.336. The van der Waals surface area contributed by atoms with E-state index in [1.54, 1.807) is 7.11 Å². The van der Waals surface area contributed by atoms with Crippen LogP contribution in [0.1, 0.15) is 34.6 Å². The molecular formula is C14H28O5. The molecule has 0 aliphatic rings. The van der Waals surface area contributed by atoms with Crippen molar-refractivity contribution in [2.75, 3.05) is 33.5 Å². The molecule has 0 amide bonds. The molecule has 0 fully saturated rings. The fourth-order valence-corrected chi connectivity index (χ4v) is 1.17. The lowest BCUT2D eigenvalue weighted by atomic mass is 9.93. The number of methoxy groups -OCH3 is 1. The van der Waals surface area contributed by atoms with E-state index in [4.69, 9.17) is 18.9 Å². The van der Waals surface area contributed by atoms with Crippen LogP contribution < -0.4 is 0 Å². The highest BCUT2D eigenvalue weighted by Gasteiger charge is 2.28. The van der Waals surface area contributed by atoms with Crippen molar-refractivity contribution >= 4 is 6.16 Å². The van der Waals surface area contributed by atoms with Crippen LogP contribution in [0.25, 0.3) is 0 Å². The molecule has 0 aromatic carbocycles. The molecule has 1 atom stereocenters. The SMILES string of the molecule is COCCOC(=O)OCC(C)C(C)(C)OCC(C)C. The standard InChI is InChI=1S/C14H28O5/c1-11(2)9-19-14(4,5)12(3)10-18-13(15)17-8-7-16-6/h11-12H,7-10H2,1-6H3. The maximum Gasteiger partial charge on any atom is 0.508 e. The fourth-order valence-electron chi connectivity index (χ4n) is 1.17. The number of ether oxygens (including phenoxy) is 4. The summed E-state index contributed by atoms with van der Waals surface area (Å²) in [5, 5.41) is 0. The van der Waals surface area contributed by atoms with Gasteiger partial charge in [-0.2, -0.15) is 0 Å². The summed E-state index contributed by atoms with van der Waals surface area (Å²) in [4.78, 5) is 11.3. The molecule has 0 saturated heterocycles. The van der Waals surface area contributed by atoms with Gasteiger partial charge in [0.25, 0.3) is 0 Å². The summed E-state index contributed by atoms with van der Waals surface area (Å²) in [5.74, 6) is 0.563. The van der Waals surface area contributed by atoms with E-state index < -0.39 is 6.16 Å². The van der Waals surface area contributed by atoms with Gasteiger partial charge in [-0.05, 0) is 19.8 Å². The van der Waals surface area contributed by atoms with Crippen LogP contribution in [0.4, 0.5) is 4.79 Å². The van der Waals surface area contributed by atoms with Gasteiger partial charge in [-0.1, -0.05) is 20.8 Å². The zero-order valence-corrected chi connectivity index (χ0v) is 13.0. The normalized spacial score (nSPS) is 13.4. The lowest BCUT2D eigenvalue weighted by molar-refractivity contribution is -0.0831. The minimum absolute atomic E-state index is 0.0845. The third-order valence-electron chi connectivity index (χ3n) is 2.93. The molecule has 0 aromatic heterocycles. The first kappa shape index (κ1) is 18.2. The van der Waals surface area contributed by atoms with E-state index in [0.29, 0.717) is 19.1 Å². The van der Waals surface area contributed by atoms with Gasteiger partial charge in [0, 0.05) is 19.6 Å². The van der Waals surface area contributed by atoms with Crippen LogP contribution in [0.3, 0.4) is 0 Å². The van der Waals surface area contributed by atoms with E-state index >= 15 is 0 Å². The topological polar surface area (TPSA) is 54.0 Å². The van der Waals surface area contributed by atoms with Gasteiger partial charge < -0.3 is 18.9 Å². The van der Waals surface area contributed by atoms with E-state index in [0.717, 1.165) is 0 Å². The summed E-state index contributed by atoms with van der Waals surface area (Å²) in [6.07, 6.45) is -0.663. The molecular weight excluding hydrogens is 248 g/mol. The Morgan fingerprint density at radius 2 is 1.68 bits per heavy atom. The molecule has 5 heteroatoms. The van der Waals surface area contributed by atoms with Crippen molar-refractivity contribution in [3.8, 4) is 0 Å². The van der Waals surface area contributed by atoms with Crippen LogP contribution in [-0.2, 0) is 18.9 Å². The first-order valence-corrected chi connectivity index (χ1v) is 6.72. The van der Waals surface area contributed by atoms with Gasteiger partial charge >= 0.3 is 6.16 Å². The molecule has 19 heavy (non-hydrogen) atoms. The van der Waals surface area contributed by atoms with Gasteiger partial charge in [0.05, 0.1) is 12.2 Å². The van der Waals surface area contributed by atoms with Gasteiger partial charge in [0.15, 0.2) is 0 Å². The Morgan fingerprint density at radius 1 is 1.05 bits per heavy atom. The van der Waals surface area contributed by atoms with Crippen LogP contribution in [0.5, 0.6) is 0 Å². The van der Waals surface area contributed by atoms with Crippen LogP contribution in [-0.4, -0.2) is 45.3 Å². The van der Waals surface area contributed by atoms with Crippen LogP contribution in [0, 0.1) is 11.8 Å². The van der Waals surface area contributed by atoms with E-state index in [-0.39, 0.29) is 24.7 Å². The van der Waals surface area contributed by atoms with Gasteiger partial charge in [0.1, 0.15) is 13.2 Å². The molecule has 0 bridgehead atoms. The van der Waals surface area contributed by atoms with Crippen molar-refractivity contribution in [1.82, 2.24) is 0 Å². The molecule has 0 radical (unpaired) electrons. The van der Waals surface area contributed by atoms with Crippen molar-refractivity contribution in [3.05, 3.63) is 0 Å². The van der Waals surface area contributed by atoms with Crippen molar-refractivity contribution in [1.29, 1.82) is 0 Å². The van der Waals surface area contributed by atoms with Gasteiger partial charge in [-0.3, -0.25) is 0 Å². The van der Waals surface area contributed by atoms with Crippen LogP contribution >= 0.6 is 0 Å². The molecule has 0 saturated carbocycles. The Labute approximate surface area is 116 Å². The van der Waals surface area contributed by atoms with E-state index in [1.807, 2.05) is 20.8 Å². The monoisotopic (exact) mass is 276 g/mol. The average molecular weight is 276 g/mol. The van der Waals surface area contributed by atoms with Gasteiger partial charge in [-0.15, -0.1) is 0 Å². The number of rotatable bonds is 9. The lowest BCUT2D eigenvalue weighted by Gasteiger charge is -2.32.